The molecule has 1 heteroatoms. The van der Waals surface area contributed by atoms with Gasteiger partial charge in [0.15, 0.2) is 0 Å². The summed E-state index contributed by atoms with van der Waals surface area (Å²) in [5.74, 6) is 0. The predicted octanol–water partition coefficient (Wildman–Crippen LogP) is 1.96. The van der Waals surface area contributed by atoms with E-state index in [2.05, 4.69) is 30.1 Å². The second kappa shape index (κ2) is 1.94. The van der Waals surface area contributed by atoms with Gasteiger partial charge in [-0.1, -0.05) is 12.2 Å². The summed E-state index contributed by atoms with van der Waals surface area (Å²) < 4.78 is 0. The fraction of sp³-hybridized carbons (Fsp3) is 0.222. The molecule has 0 fully saturated rings. The van der Waals surface area contributed by atoms with Crippen LogP contribution in [0.2, 0.25) is 0 Å². The summed E-state index contributed by atoms with van der Waals surface area (Å²) in [6, 6.07) is 2.09. The van der Waals surface area contributed by atoms with Crippen molar-refractivity contribution in [1.29, 1.82) is 0 Å². The normalized spacial score (nSPS) is 13.7. The minimum atomic E-state index is 1.08. The van der Waals surface area contributed by atoms with Crippen LogP contribution in [0.3, 0.4) is 0 Å². The van der Waals surface area contributed by atoms with Gasteiger partial charge < -0.3 is 0 Å². The van der Waals surface area contributed by atoms with Crippen molar-refractivity contribution in [2.75, 3.05) is 0 Å². The highest BCUT2D eigenvalue weighted by Crippen LogP contribution is 2.20. The first kappa shape index (κ1) is 5.66. The summed E-state index contributed by atoms with van der Waals surface area (Å²) in [6.07, 6.45) is 7.29. The molecule has 0 aliphatic heterocycles. The van der Waals surface area contributed by atoms with Gasteiger partial charge in [-0.2, -0.15) is 0 Å². The Labute approximate surface area is 60.4 Å². The molecule has 0 N–H and O–H groups in total. The van der Waals surface area contributed by atoms with E-state index in [0.29, 0.717) is 0 Å². The average molecular weight is 131 g/mol. The molecule has 1 aromatic heterocycles. The van der Waals surface area contributed by atoms with Crippen molar-refractivity contribution in [1.82, 2.24) is 4.98 Å². The van der Waals surface area contributed by atoms with Gasteiger partial charge in [0.25, 0.3) is 0 Å². The number of nitrogens with zero attached hydrogens (tertiary/aromatic N) is 1. The zero-order chi connectivity index (χ0) is 6.97. The van der Waals surface area contributed by atoms with Crippen molar-refractivity contribution in [3.05, 3.63) is 35.2 Å². The quantitative estimate of drug-likeness (QED) is 0.524. The Morgan fingerprint density at radius 2 is 2.40 bits per heavy atom. The lowest BCUT2D eigenvalue weighted by atomic mass is 10.1. The molecule has 1 aliphatic carbocycles. The minimum absolute atomic E-state index is 1.08. The van der Waals surface area contributed by atoms with Crippen LogP contribution in [-0.2, 0) is 6.42 Å². The third kappa shape index (κ3) is 0.670. The van der Waals surface area contributed by atoms with Crippen LogP contribution < -0.4 is 0 Å². The number of rotatable bonds is 0. The Hall–Kier alpha value is -1.11. The number of hydrogen-bond donors (Lipinski definition) is 0. The molecule has 0 radical (unpaired) electrons. The molecular formula is C9H9N. The van der Waals surface area contributed by atoms with Crippen molar-refractivity contribution < 1.29 is 0 Å². The smallest absolute Gasteiger partial charge is 0.0447 e. The van der Waals surface area contributed by atoms with E-state index in [-0.39, 0.29) is 0 Å². The molecule has 0 amide bonds. The van der Waals surface area contributed by atoms with Crippen molar-refractivity contribution in [2.24, 2.45) is 0 Å². The van der Waals surface area contributed by atoms with Gasteiger partial charge in [-0.15, -0.1) is 0 Å². The second-order valence-corrected chi connectivity index (χ2v) is 2.58. The number of hydrogen-bond acceptors (Lipinski definition) is 1. The Bertz CT molecular complexity index is 287. The van der Waals surface area contributed by atoms with Crippen LogP contribution in [0.25, 0.3) is 6.08 Å². The summed E-state index contributed by atoms with van der Waals surface area (Å²) in [7, 11) is 0. The van der Waals surface area contributed by atoms with E-state index >= 15 is 0 Å². The van der Waals surface area contributed by atoms with Crippen LogP contribution in [0.1, 0.15) is 16.8 Å². The highest BCUT2D eigenvalue weighted by molar-refractivity contribution is 5.61. The van der Waals surface area contributed by atoms with Crippen LogP contribution >= 0.6 is 0 Å². The topological polar surface area (TPSA) is 12.9 Å². The lowest BCUT2D eigenvalue weighted by molar-refractivity contribution is 1.15. The van der Waals surface area contributed by atoms with Gasteiger partial charge >= 0.3 is 0 Å². The Morgan fingerprint density at radius 3 is 3.20 bits per heavy atom. The molecule has 0 spiro atoms. The maximum Gasteiger partial charge on any atom is 0.0447 e. The maximum absolute atomic E-state index is 4.20. The zero-order valence-electron chi connectivity index (χ0n) is 5.96. The van der Waals surface area contributed by atoms with Crippen LogP contribution in [-0.4, -0.2) is 4.98 Å². The van der Waals surface area contributed by atoms with Gasteiger partial charge in [0, 0.05) is 11.9 Å². The first-order chi connectivity index (χ1) is 4.88. The van der Waals surface area contributed by atoms with Crippen LogP contribution in [0.4, 0.5) is 0 Å². The fourth-order valence-electron chi connectivity index (χ4n) is 1.34. The minimum Gasteiger partial charge on any atom is -0.261 e. The van der Waals surface area contributed by atoms with Gasteiger partial charge in [0.05, 0.1) is 0 Å². The van der Waals surface area contributed by atoms with Crippen LogP contribution in [0.15, 0.2) is 18.3 Å². The molecule has 0 unspecified atom stereocenters. The largest absolute Gasteiger partial charge is 0.261 e. The summed E-state index contributed by atoms with van der Waals surface area (Å²) in [5.41, 5.74) is 3.88. The summed E-state index contributed by atoms with van der Waals surface area (Å²) in [6.45, 7) is 2.05. The summed E-state index contributed by atoms with van der Waals surface area (Å²) in [5, 5.41) is 0. The van der Waals surface area contributed by atoms with E-state index in [1.807, 2.05) is 6.20 Å². The lowest BCUT2D eigenvalue weighted by Gasteiger charge is -1.99. The molecule has 1 aromatic rings. The summed E-state index contributed by atoms with van der Waals surface area (Å²) >= 11 is 0. The molecular weight excluding hydrogens is 122 g/mol. The van der Waals surface area contributed by atoms with E-state index in [1.54, 1.807) is 0 Å². The van der Waals surface area contributed by atoms with E-state index < -0.39 is 0 Å². The van der Waals surface area contributed by atoms with Gasteiger partial charge in [0.1, 0.15) is 0 Å². The van der Waals surface area contributed by atoms with E-state index in [9.17, 15) is 0 Å². The first-order valence-electron chi connectivity index (χ1n) is 3.49. The predicted molar refractivity (Wildman–Crippen MR) is 41.7 cm³/mol. The number of fused-ring (bicyclic) bond motifs is 1. The van der Waals surface area contributed by atoms with E-state index in [4.69, 9.17) is 0 Å². The highest BCUT2D eigenvalue weighted by atomic mass is 14.7. The molecule has 1 nitrogen and oxygen atoms in total. The Morgan fingerprint density at radius 1 is 1.50 bits per heavy atom. The Kier molecular flexibility index (Phi) is 1.10. The van der Waals surface area contributed by atoms with Crippen molar-refractivity contribution in [2.45, 2.75) is 13.3 Å². The molecule has 0 atom stereocenters. The van der Waals surface area contributed by atoms with Crippen molar-refractivity contribution in [3.63, 3.8) is 0 Å². The molecule has 1 heterocycles. The monoisotopic (exact) mass is 131 g/mol. The van der Waals surface area contributed by atoms with Gasteiger partial charge in [-0.25, -0.2) is 0 Å². The fourth-order valence-corrected chi connectivity index (χ4v) is 1.34. The van der Waals surface area contributed by atoms with Crippen molar-refractivity contribution in [3.8, 4) is 0 Å². The SMILES string of the molecule is Cc1nccc2c1C=CC2. The Balaban J connectivity index is 2.67. The second-order valence-electron chi connectivity index (χ2n) is 2.58. The third-order valence-corrected chi connectivity index (χ3v) is 1.90. The zero-order valence-corrected chi connectivity index (χ0v) is 5.96. The number of aromatic nitrogens is 1. The molecule has 50 valence electrons. The van der Waals surface area contributed by atoms with Crippen LogP contribution in [0, 0.1) is 6.92 Å². The number of pyridine rings is 1. The molecule has 10 heavy (non-hydrogen) atoms. The molecule has 2 rings (SSSR count). The maximum atomic E-state index is 4.20. The number of aryl methyl sites for hydroxylation is 1. The highest BCUT2D eigenvalue weighted by Gasteiger charge is 2.05. The van der Waals surface area contributed by atoms with E-state index in [1.165, 1.54) is 11.1 Å². The molecule has 0 saturated carbocycles. The third-order valence-electron chi connectivity index (χ3n) is 1.90. The van der Waals surface area contributed by atoms with Gasteiger partial charge in [-0.3, -0.25) is 4.98 Å². The summed E-state index contributed by atoms with van der Waals surface area (Å²) in [4.78, 5) is 4.20. The molecule has 0 bridgehead atoms. The average Bonchev–Trinajstić information content (AvgIpc) is 2.36. The van der Waals surface area contributed by atoms with Crippen LogP contribution in [0.5, 0.6) is 0 Å². The first-order valence-corrected chi connectivity index (χ1v) is 3.49. The van der Waals surface area contributed by atoms with Gasteiger partial charge in [-0.05, 0) is 30.5 Å². The van der Waals surface area contributed by atoms with E-state index in [0.717, 1.165) is 12.1 Å². The van der Waals surface area contributed by atoms with Crippen molar-refractivity contribution >= 4 is 6.08 Å². The molecule has 0 saturated heterocycles. The molecule has 1 aliphatic rings. The standard InChI is InChI=1S/C9H9N/c1-7-9-4-2-3-8(9)5-6-10-7/h2,4-6H,3H2,1H3. The lowest BCUT2D eigenvalue weighted by Crippen LogP contribution is -1.87. The number of allylic oxidation sites excluding steroid dienone is 1. The van der Waals surface area contributed by atoms with Gasteiger partial charge in [0.2, 0.25) is 0 Å². The molecule has 0 aromatic carbocycles.